The van der Waals surface area contributed by atoms with E-state index in [4.69, 9.17) is 0 Å². The summed E-state index contributed by atoms with van der Waals surface area (Å²) in [7, 11) is 3.37. The predicted molar refractivity (Wildman–Crippen MR) is 72.2 cm³/mol. The number of nitrogens with zero attached hydrogens (tertiary/aromatic N) is 1. The van der Waals surface area contributed by atoms with E-state index in [1.165, 1.54) is 4.90 Å². The first kappa shape index (κ1) is 13.0. The van der Waals surface area contributed by atoms with Crippen molar-refractivity contribution in [2.45, 2.75) is 6.04 Å². The fourth-order valence-electron chi connectivity index (χ4n) is 1.78. The lowest BCUT2D eigenvalue weighted by Gasteiger charge is -2.14. The van der Waals surface area contributed by atoms with Crippen molar-refractivity contribution in [3.8, 4) is 0 Å². The van der Waals surface area contributed by atoms with Crippen molar-refractivity contribution in [1.82, 2.24) is 10.2 Å². The van der Waals surface area contributed by atoms with E-state index in [1.807, 2.05) is 18.2 Å². The number of carbonyl (C=O) groups excluding carboxylic acids is 2. The number of benzene rings is 1. The molecule has 0 aliphatic carbocycles. The molecule has 1 aliphatic rings. The molecule has 96 valence electrons. The van der Waals surface area contributed by atoms with Gasteiger partial charge in [0.05, 0.1) is 6.54 Å². The number of carbonyl (C=O) groups is 2. The van der Waals surface area contributed by atoms with Crippen LogP contribution in [0.5, 0.6) is 0 Å². The summed E-state index contributed by atoms with van der Waals surface area (Å²) < 4.78 is 0.906. The standard InChI is InChI=1S/C12H14BrN3O2/c1-16(2)10(17)6-14-11-8-5-7(13)3-4-9(8)15-12(11)18/h3-5,11,14H,6H2,1-2H3,(H,15,18). The Kier molecular flexibility index (Phi) is 3.68. The summed E-state index contributed by atoms with van der Waals surface area (Å²) in [6.45, 7) is 0.136. The summed E-state index contributed by atoms with van der Waals surface area (Å²) >= 11 is 3.37. The molecule has 2 rings (SSSR count). The van der Waals surface area contributed by atoms with Gasteiger partial charge in [-0.05, 0) is 18.2 Å². The van der Waals surface area contributed by atoms with Crippen molar-refractivity contribution >= 4 is 33.4 Å². The Bertz CT molecular complexity index is 502. The molecule has 0 fully saturated rings. The molecule has 0 aromatic heterocycles. The van der Waals surface area contributed by atoms with Crippen LogP contribution in [0.3, 0.4) is 0 Å². The number of fused-ring (bicyclic) bond motifs is 1. The van der Waals surface area contributed by atoms with Crippen LogP contribution < -0.4 is 10.6 Å². The molecule has 18 heavy (non-hydrogen) atoms. The van der Waals surface area contributed by atoms with Crippen molar-refractivity contribution in [2.24, 2.45) is 0 Å². The normalized spacial score (nSPS) is 17.3. The third kappa shape index (κ3) is 2.54. The smallest absolute Gasteiger partial charge is 0.246 e. The van der Waals surface area contributed by atoms with E-state index in [2.05, 4.69) is 26.6 Å². The number of halogens is 1. The molecule has 0 saturated carbocycles. The molecule has 1 aromatic rings. The summed E-state index contributed by atoms with van der Waals surface area (Å²) in [4.78, 5) is 24.8. The Hall–Kier alpha value is -1.40. The average Bonchev–Trinajstić information content (AvgIpc) is 2.61. The van der Waals surface area contributed by atoms with Crippen molar-refractivity contribution in [3.63, 3.8) is 0 Å². The van der Waals surface area contributed by atoms with Crippen LogP contribution >= 0.6 is 15.9 Å². The van der Waals surface area contributed by atoms with Crippen LogP contribution in [0.25, 0.3) is 0 Å². The predicted octanol–water partition coefficient (Wildman–Crippen LogP) is 1.12. The van der Waals surface area contributed by atoms with Crippen LogP contribution in [0.4, 0.5) is 5.69 Å². The molecule has 0 spiro atoms. The van der Waals surface area contributed by atoms with Crippen molar-refractivity contribution in [3.05, 3.63) is 28.2 Å². The van der Waals surface area contributed by atoms with E-state index in [9.17, 15) is 9.59 Å². The van der Waals surface area contributed by atoms with Gasteiger partial charge < -0.3 is 10.2 Å². The summed E-state index contributed by atoms with van der Waals surface area (Å²) in [5.74, 6) is -0.194. The fraction of sp³-hybridized carbons (Fsp3) is 0.333. The van der Waals surface area contributed by atoms with E-state index in [1.54, 1.807) is 14.1 Å². The minimum Gasteiger partial charge on any atom is -0.348 e. The lowest BCUT2D eigenvalue weighted by atomic mass is 10.1. The Morgan fingerprint density at radius 2 is 2.22 bits per heavy atom. The zero-order chi connectivity index (χ0) is 13.3. The molecule has 5 nitrogen and oxygen atoms in total. The first-order valence-electron chi connectivity index (χ1n) is 5.53. The Morgan fingerprint density at radius 3 is 2.89 bits per heavy atom. The number of hydrogen-bond acceptors (Lipinski definition) is 3. The molecule has 0 bridgehead atoms. The maximum absolute atomic E-state index is 11.8. The Balaban J connectivity index is 2.13. The van der Waals surface area contributed by atoms with Gasteiger partial charge in [0, 0.05) is 29.8 Å². The number of nitrogens with one attached hydrogen (secondary N) is 2. The highest BCUT2D eigenvalue weighted by molar-refractivity contribution is 9.10. The van der Waals surface area contributed by atoms with Gasteiger partial charge in [-0.2, -0.15) is 0 Å². The van der Waals surface area contributed by atoms with E-state index in [0.717, 1.165) is 15.7 Å². The van der Waals surface area contributed by atoms with Gasteiger partial charge >= 0.3 is 0 Å². The highest BCUT2D eigenvalue weighted by atomic mass is 79.9. The van der Waals surface area contributed by atoms with Gasteiger partial charge in [0.25, 0.3) is 0 Å². The number of likely N-dealkylation sites (N-methyl/N-ethyl adjacent to an activating group) is 1. The number of rotatable bonds is 3. The topological polar surface area (TPSA) is 61.4 Å². The molecule has 1 atom stereocenters. The summed E-state index contributed by atoms with van der Waals surface area (Å²) in [6, 6.07) is 5.12. The summed E-state index contributed by atoms with van der Waals surface area (Å²) in [5, 5.41) is 5.75. The minimum absolute atomic E-state index is 0.0637. The summed E-state index contributed by atoms with van der Waals surface area (Å²) in [5.41, 5.74) is 1.65. The van der Waals surface area contributed by atoms with Crippen molar-refractivity contribution < 1.29 is 9.59 Å². The van der Waals surface area contributed by atoms with Gasteiger partial charge in [0.1, 0.15) is 6.04 Å². The van der Waals surface area contributed by atoms with Crippen LogP contribution in [0.2, 0.25) is 0 Å². The van der Waals surface area contributed by atoms with Crippen LogP contribution in [0.15, 0.2) is 22.7 Å². The zero-order valence-corrected chi connectivity index (χ0v) is 11.7. The first-order valence-corrected chi connectivity index (χ1v) is 6.32. The molecular weight excluding hydrogens is 298 g/mol. The lowest BCUT2D eigenvalue weighted by molar-refractivity contribution is -0.128. The zero-order valence-electron chi connectivity index (χ0n) is 10.2. The molecule has 1 aliphatic heterocycles. The molecule has 0 radical (unpaired) electrons. The van der Waals surface area contributed by atoms with Gasteiger partial charge in [0.2, 0.25) is 11.8 Å². The molecule has 0 saturated heterocycles. The Morgan fingerprint density at radius 1 is 1.50 bits per heavy atom. The van der Waals surface area contributed by atoms with Crippen LogP contribution in [-0.2, 0) is 9.59 Å². The highest BCUT2D eigenvalue weighted by Crippen LogP contribution is 2.32. The third-order valence-electron chi connectivity index (χ3n) is 2.80. The van der Waals surface area contributed by atoms with Gasteiger partial charge in [-0.3, -0.25) is 14.9 Å². The number of anilines is 1. The van der Waals surface area contributed by atoms with Gasteiger partial charge in [-0.25, -0.2) is 0 Å². The minimum atomic E-state index is -0.471. The van der Waals surface area contributed by atoms with E-state index in [0.29, 0.717) is 0 Å². The molecule has 1 unspecified atom stereocenters. The average molecular weight is 312 g/mol. The molecule has 1 heterocycles. The van der Waals surface area contributed by atoms with Gasteiger partial charge in [-0.1, -0.05) is 15.9 Å². The number of amides is 2. The molecule has 2 N–H and O–H groups in total. The maximum atomic E-state index is 11.8. The first-order chi connectivity index (χ1) is 8.49. The summed E-state index contributed by atoms with van der Waals surface area (Å²) in [6.07, 6.45) is 0. The second-order valence-electron chi connectivity index (χ2n) is 4.32. The second-order valence-corrected chi connectivity index (χ2v) is 5.24. The van der Waals surface area contributed by atoms with Crippen LogP contribution in [-0.4, -0.2) is 37.4 Å². The second kappa shape index (κ2) is 5.07. The van der Waals surface area contributed by atoms with E-state index in [-0.39, 0.29) is 18.4 Å². The molecule has 6 heteroatoms. The molecule has 1 aromatic carbocycles. The SMILES string of the molecule is CN(C)C(=O)CNC1C(=O)Nc2ccc(Br)cc21. The number of hydrogen-bond donors (Lipinski definition) is 2. The largest absolute Gasteiger partial charge is 0.348 e. The quantitative estimate of drug-likeness (QED) is 0.879. The van der Waals surface area contributed by atoms with E-state index >= 15 is 0 Å². The fourth-order valence-corrected chi connectivity index (χ4v) is 2.16. The van der Waals surface area contributed by atoms with Gasteiger partial charge in [0.15, 0.2) is 0 Å². The van der Waals surface area contributed by atoms with E-state index < -0.39 is 6.04 Å². The van der Waals surface area contributed by atoms with Crippen LogP contribution in [0, 0.1) is 0 Å². The monoisotopic (exact) mass is 311 g/mol. The third-order valence-corrected chi connectivity index (χ3v) is 3.29. The maximum Gasteiger partial charge on any atom is 0.246 e. The van der Waals surface area contributed by atoms with Gasteiger partial charge in [-0.15, -0.1) is 0 Å². The van der Waals surface area contributed by atoms with Crippen LogP contribution in [0.1, 0.15) is 11.6 Å². The molecular formula is C12H14BrN3O2. The van der Waals surface area contributed by atoms with Crippen molar-refractivity contribution in [1.29, 1.82) is 0 Å². The highest BCUT2D eigenvalue weighted by Gasteiger charge is 2.30. The molecule has 2 amide bonds. The van der Waals surface area contributed by atoms with Crippen molar-refractivity contribution in [2.75, 3.05) is 26.0 Å². The Labute approximate surface area is 114 Å². The lowest BCUT2D eigenvalue weighted by Crippen LogP contribution is -2.37.